The van der Waals surface area contributed by atoms with Gasteiger partial charge in [0.25, 0.3) is 0 Å². The van der Waals surface area contributed by atoms with Crippen molar-refractivity contribution in [1.82, 2.24) is 5.32 Å². The van der Waals surface area contributed by atoms with E-state index in [-0.39, 0.29) is 0 Å². The van der Waals surface area contributed by atoms with Crippen molar-refractivity contribution in [2.24, 2.45) is 0 Å². The molecule has 0 aromatic carbocycles. The molecule has 0 unspecified atom stereocenters. The summed E-state index contributed by atoms with van der Waals surface area (Å²) in [4.78, 5) is 0. The molecule has 0 aromatic heterocycles. The Morgan fingerprint density at radius 2 is 1.13 bits per heavy atom. The van der Waals surface area contributed by atoms with E-state index in [9.17, 15) is 0 Å². The van der Waals surface area contributed by atoms with Gasteiger partial charge in [0.05, 0.1) is 0 Å². The van der Waals surface area contributed by atoms with Crippen LogP contribution in [0.25, 0.3) is 0 Å². The van der Waals surface area contributed by atoms with E-state index in [1.807, 2.05) is 7.05 Å². The number of hydrogen-bond acceptors (Lipinski definition) is 3. The molecule has 0 saturated carbocycles. The summed E-state index contributed by atoms with van der Waals surface area (Å²) in [7, 11) is -3.06. The quantitative estimate of drug-likeness (QED) is 0.749. The highest BCUT2D eigenvalue weighted by molar-refractivity contribution is 6.87. The van der Waals surface area contributed by atoms with E-state index < -0.39 is 25.2 Å². The van der Waals surface area contributed by atoms with Crippen LogP contribution in [0.15, 0.2) is 0 Å². The summed E-state index contributed by atoms with van der Waals surface area (Å²) >= 11 is 0. The third-order valence-corrected chi connectivity index (χ3v) is 10.9. The molecular formula is C9H27NO2Si3. The Balaban J connectivity index is 4.59. The van der Waals surface area contributed by atoms with Crippen molar-refractivity contribution < 1.29 is 8.23 Å². The van der Waals surface area contributed by atoms with Gasteiger partial charge in [0.15, 0.2) is 16.6 Å². The summed E-state index contributed by atoms with van der Waals surface area (Å²) < 4.78 is 12.5. The van der Waals surface area contributed by atoms with Crippen molar-refractivity contribution in [2.45, 2.75) is 45.8 Å². The molecule has 0 fully saturated rings. The molecule has 1 N–H and O–H groups in total. The maximum atomic E-state index is 6.27. The fraction of sp³-hybridized carbons (Fsp3) is 1.00. The average molecular weight is 266 g/mol. The molecule has 0 aliphatic heterocycles. The van der Waals surface area contributed by atoms with Gasteiger partial charge in [-0.2, -0.15) is 0 Å². The van der Waals surface area contributed by atoms with Crippen molar-refractivity contribution in [3.63, 3.8) is 0 Å². The van der Waals surface area contributed by atoms with E-state index >= 15 is 0 Å². The van der Waals surface area contributed by atoms with Crippen LogP contribution >= 0.6 is 0 Å². The Morgan fingerprint density at radius 1 is 0.800 bits per heavy atom. The molecule has 3 nitrogen and oxygen atoms in total. The van der Waals surface area contributed by atoms with Crippen LogP contribution in [0.5, 0.6) is 0 Å². The molecule has 0 aliphatic rings. The van der Waals surface area contributed by atoms with Crippen LogP contribution in [0.1, 0.15) is 0 Å². The van der Waals surface area contributed by atoms with Gasteiger partial charge >= 0.3 is 8.56 Å². The van der Waals surface area contributed by atoms with E-state index in [0.717, 1.165) is 6.17 Å². The SMILES string of the molecule is CNC[Si](C)(O[Si](C)(C)C)O[Si](C)(C)C. The van der Waals surface area contributed by atoms with Crippen LogP contribution in [-0.4, -0.2) is 38.4 Å². The molecule has 0 amide bonds. The van der Waals surface area contributed by atoms with Crippen LogP contribution < -0.4 is 5.32 Å². The van der Waals surface area contributed by atoms with Gasteiger partial charge in [-0.3, -0.25) is 0 Å². The Hall–Kier alpha value is 0.531. The largest absolute Gasteiger partial charge is 0.436 e. The maximum absolute atomic E-state index is 6.27. The second-order valence-electron chi connectivity index (χ2n) is 6.09. The Morgan fingerprint density at radius 3 is 1.33 bits per heavy atom. The molecule has 0 rings (SSSR count). The van der Waals surface area contributed by atoms with Crippen molar-refractivity contribution in [3.8, 4) is 0 Å². The molecule has 0 aliphatic carbocycles. The molecule has 0 radical (unpaired) electrons. The maximum Gasteiger partial charge on any atom is 0.328 e. The smallest absolute Gasteiger partial charge is 0.328 e. The predicted molar refractivity (Wildman–Crippen MR) is 74.4 cm³/mol. The molecule has 0 aromatic rings. The zero-order chi connectivity index (χ0) is 12.3. The fourth-order valence-electron chi connectivity index (χ4n) is 1.71. The minimum Gasteiger partial charge on any atom is -0.436 e. The van der Waals surface area contributed by atoms with Crippen molar-refractivity contribution >= 4 is 25.2 Å². The van der Waals surface area contributed by atoms with Crippen molar-refractivity contribution in [1.29, 1.82) is 0 Å². The molecule has 0 spiro atoms. The summed E-state index contributed by atoms with van der Waals surface area (Å²) in [5, 5.41) is 3.21. The first kappa shape index (κ1) is 15.5. The number of rotatable bonds is 6. The first-order chi connectivity index (χ1) is 6.47. The van der Waals surface area contributed by atoms with E-state index in [2.05, 4.69) is 51.1 Å². The average Bonchev–Trinajstić information content (AvgIpc) is 1.74. The Labute approximate surface area is 98.1 Å². The molecule has 0 heterocycles. The molecular weight excluding hydrogens is 238 g/mol. The first-order valence-corrected chi connectivity index (χ1v) is 14.9. The zero-order valence-corrected chi connectivity index (χ0v) is 14.5. The monoisotopic (exact) mass is 265 g/mol. The topological polar surface area (TPSA) is 30.5 Å². The second-order valence-corrected chi connectivity index (χ2v) is 18.8. The van der Waals surface area contributed by atoms with Gasteiger partial charge in [-0.05, 0) is 52.9 Å². The number of hydrogen-bond donors (Lipinski definition) is 1. The van der Waals surface area contributed by atoms with Crippen LogP contribution in [-0.2, 0) is 8.23 Å². The molecule has 0 atom stereocenters. The van der Waals surface area contributed by atoms with Gasteiger partial charge in [0.2, 0.25) is 0 Å². The summed E-state index contributed by atoms with van der Waals surface area (Å²) in [6, 6.07) is 0. The molecule has 0 saturated heterocycles. The van der Waals surface area contributed by atoms with Crippen LogP contribution in [0.2, 0.25) is 45.8 Å². The molecule has 92 valence electrons. The third-order valence-electron chi connectivity index (χ3n) is 1.54. The molecule has 0 bridgehead atoms. The fourth-order valence-corrected chi connectivity index (χ4v) is 13.8. The third kappa shape index (κ3) is 8.35. The van der Waals surface area contributed by atoms with Gasteiger partial charge in [-0.15, -0.1) is 0 Å². The summed E-state index contributed by atoms with van der Waals surface area (Å²) in [5.41, 5.74) is 0. The number of nitrogens with one attached hydrogen (secondary N) is 1. The van der Waals surface area contributed by atoms with Crippen molar-refractivity contribution in [2.75, 3.05) is 13.2 Å². The van der Waals surface area contributed by atoms with Gasteiger partial charge in [-0.25, -0.2) is 0 Å². The lowest BCUT2D eigenvalue weighted by molar-refractivity contribution is 0.381. The second kappa shape index (κ2) is 5.24. The highest BCUT2D eigenvalue weighted by Gasteiger charge is 2.39. The van der Waals surface area contributed by atoms with Crippen molar-refractivity contribution in [3.05, 3.63) is 0 Å². The normalized spacial score (nSPS) is 14.4. The molecule has 15 heavy (non-hydrogen) atoms. The van der Waals surface area contributed by atoms with Crippen LogP contribution in [0.4, 0.5) is 0 Å². The zero-order valence-electron chi connectivity index (χ0n) is 11.5. The lowest BCUT2D eigenvalue weighted by atomic mass is 11.3. The highest BCUT2D eigenvalue weighted by Crippen LogP contribution is 2.19. The van der Waals surface area contributed by atoms with Gasteiger partial charge < -0.3 is 13.5 Å². The van der Waals surface area contributed by atoms with Gasteiger partial charge in [0, 0.05) is 6.17 Å². The predicted octanol–water partition coefficient (Wildman–Crippen LogP) is 2.52. The van der Waals surface area contributed by atoms with E-state index in [1.54, 1.807) is 0 Å². The lowest BCUT2D eigenvalue weighted by Gasteiger charge is -2.38. The Kier molecular flexibility index (Phi) is 5.43. The standard InChI is InChI=1S/C9H27NO2Si3/c1-10-9-15(8,11-13(2,3)4)12-14(5,6)7/h10H,9H2,1-8H3. The van der Waals surface area contributed by atoms with E-state index in [4.69, 9.17) is 8.23 Å². The van der Waals surface area contributed by atoms with Gasteiger partial charge in [-0.1, -0.05) is 0 Å². The van der Waals surface area contributed by atoms with E-state index in [0.29, 0.717) is 0 Å². The van der Waals surface area contributed by atoms with Crippen LogP contribution in [0.3, 0.4) is 0 Å². The lowest BCUT2D eigenvalue weighted by Crippen LogP contribution is -2.57. The van der Waals surface area contributed by atoms with E-state index in [1.165, 1.54) is 0 Å². The summed E-state index contributed by atoms with van der Waals surface area (Å²) in [6.07, 6.45) is 0.877. The molecule has 6 heteroatoms. The Bertz CT molecular complexity index is 183. The summed E-state index contributed by atoms with van der Waals surface area (Å²) in [5.74, 6) is 0. The minimum absolute atomic E-state index is 0.877. The highest BCUT2D eigenvalue weighted by atomic mass is 28.5. The summed E-state index contributed by atoms with van der Waals surface area (Å²) in [6.45, 7) is 15.5. The van der Waals surface area contributed by atoms with Crippen LogP contribution in [0, 0.1) is 0 Å². The minimum atomic E-state index is -2.01. The first-order valence-electron chi connectivity index (χ1n) is 5.52. The van der Waals surface area contributed by atoms with Gasteiger partial charge in [0.1, 0.15) is 0 Å².